The minimum Gasteiger partial charge on any atom is -0.478 e. The summed E-state index contributed by atoms with van der Waals surface area (Å²) in [5, 5.41) is 7.64. The summed E-state index contributed by atoms with van der Waals surface area (Å²) >= 11 is 0. The summed E-state index contributed by atoms with van der Waals surface area (Å²) in [7, 11) is 3.00. The van der Waals surface area contributed by atoms with Crippen LogP contribution in [-0.2, 0) is 0 Å². The summed E-state index contributed by atoms with van der Waals surface area (Å²) in [6.45, 7) is 0. The van der Waals surface area contributed by atoms with Gasteiger partial charge < -0.3 is 14.5 Å². The Morgan fingerprint density at radius 2 is 2.00 bits per heavy atom. The third-order valence-corrected chi connectivity index (χ3v) is 1.75. The first-order chi connectivity index (χ1) is 7.83. The Morgan fingerprint density at radius 3 is 2.56 bits per heavy atom. The zero-order valence-corrected chi connectivity index (χ0v) is 8.76. The smallest absolute Gasteiger partial charge is 0.279 e. The summed E-state index contributed by atoms with van der Waals surface area (Å²) in [4.78, 5) is 13.4. The molecule has 2 aromatic rings. The lowest BCUT2D eigenvalue weighted by atomic mass is 10.8. The van der Waals surface area contributed by atoms with Crippen molar-refractivity contribution >= 4 is 11.9 Å². The number of aromatic nitrogens is 4. The summed E-state index contributed by atoms with van der Waals surface area (Å²) in [5.74, 6) is 1.41. The zero-order valence-electron chi connectivity index (χ0n) is 8.76. The monoisotopic (exact) mass is 222 g/mol. The molecule has 0 amide bonds. The molecule has 0 atom stereocenters. The molecule has 16 heavy (non-hydrogen) atoms. The van der Waals surface area contributed by atoms with Gasteiger partial charge in [0.05, 0.1) is 14.2 Å². The molecule has 0 aliphatic rings. The van der Waals surface area contributed by atoms with Gasteiger partial charge in [0.25, 0.3) is 17.7 Å². The largest absolute Gasteiger partial charge is 0.478 e. The number of ether oxygens (including phenoxy) is 2. The van der Waals surface area contributed by atoms with Crippen molar-refractivity contribution in [1.29, 1.82) is 0 Å². The van der Waals surface area contributed by atoms with Gasteiger partial charge in [-0.2, -0.15) is 4.98 Å². The molecule has 2 aromatic heterocycles. The number of methoxy groups -OCH3 is 2. The highest BCUT2D eigenvalue weighted by molar-refractivity contribution is 5.35. The number of aromatic amines is 2. The molecule has 0 aliphatic carbocycles. The van der Waals surface area contributed by atoms with Gasteiger partial charge in [0.1, 0.15) is 0 Å². The molecule has 0 bridgehead atoms. The van der Waals surface area contributed by atoms with E-state index in [4.69, 9.17) is 9.47 Å². The number of H-pyrrole nitrogens is 2. The molecule has 2 rings (SSSR count). The van der Waals surface area contributed by atoms with Crippen molar-refractivity contribution in [3.63, 3.8) is 0 Å². The number of imidazole rings is 2. The fraction of sp³-hybridized carbons (Fsp3) is 0.250. The van der Waals surface area contributed by atoms with E-state index in [2.05, 4.69) is 30.2 Å². The van der Waals surface area contributed by atoms with Crippen LogP contribution in [0.25, 0.3) is 0 Å². The number of azo groups is 1. The third kappa shape index (κ3) is 2.00. The Labute approximate surface area is 90.7 Å². The Bertz CT molecular complexity index is 453. The van der Waals surface area contributed by atoms with Gasteiger partial charge in [-0.15, -0.1) is 10.2 Å². The van der Waals surface area contributed by atoms with Gasteiger partial charge in [-0.05, 0) is 0 Å². The Hall–Kier alpha value is -2.38. The van der Waals surface area contributed by atoms with E-state index in [-0.39, 0.29) is 5.95 Å². The first-order valence-corrected chi connectivity index (χ1v) is 4.42. The quantitative estimate of drug-likeness (QED) is 0.766. The number of nitrogens with zero attached hydrogens (tertiary/aromatic N) is 4. The lowest BCUT2D eigenvalue weighted by Crippen LogP contribution is -1.87. The van der Waals surface area contributed by atoms with E-state index in [0.717, 1.165) is 0 Å². The Morgan fingerprint density at radius 1 is 1.19 bits per heavy atom. The molecule has 0 spiro atoms. The van der Waals surface area contributed by atoms with Crippen LogP contribution in [0.2, 0.25) is 0 Å². The van der Waals surface area contributed by atoms with Crippen LogP contribution in [0, 0.1) is 0 Å². The number of hydrogen-bond donors (Lipinski definition) is 2. The molecule has 0 aliphatic heterocycles. The normalized spacial score (nSPS) is 10.9. The van der Waals surface area contributed by atoms with Crippen LogP contribution in [0.4, 0.5) is 11.9 Å². The fourth-order valence-corrected chi connectivity index (χ4v) is 1.06. The van der Waals surface area contributed by atoms with Gasteiger partial charge in [-0.3, -0.25) is 4.98 Å². The molecule has 0 saturated carbocycles. The number of hydrogen-bond acceptors (Lipinski definition) is 6. The van der Waals surface area contributed by atoms with E-state index in [1.807, 2.05) is 0 Å². The highest BCUT2D eigenvalue weighted by atomic mass is 16.5. The zero-order chi connectivity index (χ0) is 11.4. The van der Waals surface area contributed by atoms with Gasteiger partial charge in [-0.1, -0.05) is 0 Å². The van der Waals surface area contributed by atoms with Crippen LogP contribution < -0.4 is 9.47 Å². The molecule has 0 unspecified atom stereocenters. The minimum atomic E-state index is 0.283. The maximum atomic E-state index is 4.99. The fourth-order valence-electron chi connectivity index (χ4n) is 1.06. The molecule has 0 aromatic carbocycles. The van der Waals surface area contributed by atoms with Crippen molar-refractivity contribution in [2.75, 3.05) is 14.2 Å². The van der Waals surface area contributed by atoms with Gasteiger partial charge in [-0.25, -0.2) is 4.98 Å². The Kier molecular flexibility index (Phi) is 2.81. The topological polar surface area (TPSA) is 101 Å². The van der Waals surface area contributed by atoms with Crippen LogP contribution in [0.1, 0.15) is 0 Å². The van der Waals surface area contributed by atoms with E-state index in [9.17, 15) is 0 Å². The molecule has 0 radical (unpaired) electrons. The highest BCUT2D eigenvalue weighted by Crippen LogP contribution is 2.26. The van der Waals surface area contributed by atoms with Crippen LogP contribution >= 0.6 is 0 Å². The van der Waals surface area contributed by atoms with Crippen molar-refractivity contribution in [1.82, 2.24) is 19.9 Å². The maximum Gasteiger partial charge on any atom is 0.279 e. The lowest BCUT2D eigenvalue weighted by Gasteiger charge is -1.95. The van der Waals surface area contributed by atoms with E-state index in [1.165, 1.54) is 14.2 Å². The first-order valence-electron chi connectivity index (χ1n) is 4.42. The predicted molar refractivity (Wildman–Crippen MR) is 54.5 cm³/mol. The number of nitrogens with one attached hydrogen (secondary N) is 2. The summed E-state index contributed by atoms with van der Waals surface area (Å²) in [6, 6.07) is 0. The van der Waals surface area contributed by atoms with E-state index in [0.29, 0.717) is 17.7 Å². The molecule has 0 saturated heterocycles. The molecule has 8 nitrogen and oxygen atoms in total. The minimum absolute atomic E-state index is 0.283. The van der Waals surface area contributed by atoms with Crippen LogP contribution in [0.3, 0.4) is 0 Å². The summed E-state index contributed by atoms with van der Waals surface area (Å²) in [6.07, 6.45) is 3.23. The Balaban J connectivity index is 2.18. The van der Waals surface area contributed by atoms with Gasteiger partial charge in [0.15, 0.2) is 0 Å². The van der Waals surface area contributed by atoms with Crippen LogP contribution in [0.5, 0.6) is 11.8 Å². The molecule has 8 heteroatoms. The SMILES string of the molecule is COc1nc(N=Nc2ncc[nH]2)[nH]c1OC. The second-order valence-corrected chi connectivity index (χ2v) is 2.72. The number of rotatable bonds is 4. The van der Waals surface area contributed by atoms with E-state index >= 15 is 0 Å². The second-order valence-electron chi connectivity index (χ2n) is 2.72. The van der Waals surface area contributed by atoms with Crippen molar-refractivity contribution in [2.45, 2.75) is 0 Å². The summed E-state index contributed by atoms with van der Waals surface area (Å²) < 4.78 is 9.95. The average molecular weight is 222 g/mol. The van der Waals surface area contributed by atoms with E-state index < -0.39 is 0 Å². The standard InChI is InChI=1S/C8H10N6O2/c1-15-5-6(16-2)12-8(11-5)14-13-7-9-3-4-10-7/h3-4H,1-2H3,(H,9,10)(H,11,12). The van der Waals surface area contributed by atoms with E-state index in [1.54, 1.807) is 12.4 Å². The van der Waals surface area contributed by atoms with Gasteiger partial charge in [0, 0.05) is 12.4 Å². The summed E-state index contributed by atoms with van der Waals surface area (Å²) in [5.41, 5.74) is 0. The van der Waals surface area contributed by atoms with Crippen molar-refractivity contribution in [3.05, 3.63) is 12.4 Å². The van der Waals surface area contributed by atoms with Crippen LogP contribution in [0.15, 0.2) is 22.6 Å². The molecular weight excluding hydrogens is 212 g/mol. The molecule has 0 fully saturated rings. The van der Waals surface area contributed by atoms with Crippen molar-refractivity contribution in [3.8, 4) is 11.8 Å². The van der Waals surface area contributed by atoms with Crippen molar-refractivity contribution in [2.24, 2.45) is 10.2 Å². The maximum absolute atomic E-state index is 4.99. The van der Waals surface area contributed by atoms with Gasteiger partial charge >= 0.3 is 0 Å². The molecule has 2 N–H and O–H groups in total. The molecular formula is C8H10N6O2. The highest BCUT2D eigenvalue weighted by Gasteiger charge is 2.10. The predicted octanol–water partition coefficient (Wildman–Crippen LogP) is 1.57. The van der Waals surface area contributed by atoms with Gasteiger partial charge in [0.2, 0.25) is 5.95 Å². The average Bonchev–Trinajstić information content (AvgIpc) is 2.95. The molecule has 84 valence electrons. The lowest BCUT2D eigenvalue weighted by molar-refractivity contribution is 0.340. The second kappa shape index (κ2) is 4.43. The third-order valence-electron chi connectivity index (χ3n) is 1.75. The van der Waals surface area contributed by atoms with Crippen molar-refractivity contribution < 1.29 is 9.47 Å². The molecule has 2 heterocycles. The van der Waals surface area contributed by atoms with Crippen LogP contribution in [-0.4, -0.2) is 34.2 Å². The first kappa shape index (κ1) is 10.1.